The molecule has 0 spiro atoms. The van der Waals surface area contributed by atoms with E-state index in [0.717, 1.165) is 6.42 Å². The van der Waals surface area contributed by atoms with E-state index in [1.165, 1.54) is 0 Å². The standard InChI is InChI=1S/C10H19NO3/c1-9(12)3-2-4-10(13)11-5-7-14-8-6-11/h9,12H,2-8H2,1H3. The van der Waals surface area contributed by atoms with Crippen molar-refractivity contribution in [3.05, 3.63) is 0 Å². The van der Waals surface area contributed by atoms with Gasteiger partial charge in [-0.3, -0.25) is 4.79 Å². The van der Waals surface area contributed by atoms with Crippen molar-refractivity contribution >= 4 is 5.91 Å². The highest BCUT2D eigenvalue weighted by atomic mass is 16.5. The zero-order valence-corrected chi connectivity index (χ0v) is 8.74. The zero-order chi connectivity index (χ0) is 10.4. The quantitative estimate of drug-likeness (QED) is 0.716. The normalized spacial score (nSPS) is 19.4. The summed E-state index contributed by atoms with van der Waals surface area (Å²) < 4.78 is 5.16. The lowest BCUT2D eigenvalue weighted by molar-refractivity contribution is -0.135. The SMILES string of the molecule is CC(O)CCCC(=O)N1CCOCC1. The molecular formula is C10H19NO3. The second kappa shape index (κ2) is 5.98. The van der Waals surface area contributed by atoms with Gasteiger partial charge in [0.2, 0.25) is 5.91 Å². The first kappa shape index (κ1) is 11.5. The van der Waals surface area contributed by atoms with E-state index in [1.54, 1.807) is 6.92 Å². The largest absolute Gasteiger partial charge is 0.393 e. The summed E-state index contributed by atoms with van der Waals surface area (Å²) in [5, 5.41) is 9.03. The molecule has 82 valence electrons. The molecule has 1 rings (SSSR count). The number of hydrogen-bond acceptors (Lipinski definition) is 3. The van der Waals surface area contributed by atoms with Crippen LogP contribution in [-0.4, -0.2) is 48.3 Å². The Bertz CT molecular complexity index is 176. The van der Waals surface area contributed by atoms with Crippen molar-refractivity contribution in [3.8, 4) is 0 Å². The molecule has 0 aromatic carbocycles. The summed E-state index contributed by atoms with van der Waals surface area (Å²) in [6.45, 7) is 4.49. The van der Waals surface area contributed by atoms with Gasteiger partial charge in [0.05, 0.1) is 19.3 Å². The number of carbonyl (C=O) groups excluding carboxylic acids is 1. The number of morpholine rings is 1. The minimum atomic E-state index is -0.299. The van der Waals surface area contributed by atoms with Crippen molar-refractivity contribution in [2.75, 3.05) is 26.3 Å². The molecule has 4 nitrogen and oxygen atoms in total. The summed E-state index contributed by atoms with van der Waals surface area (Å²) >= 11 is 0. The van der Waals surface area contributed by atoms with E-state index in [9.17, 15) is 4.79 Å². The first-order valence-electron chi connectivity index (χ1n) is 5.23. The van der Waals surface area contributed by atoms with Gasteiger partial charge < -0.3 is 14.7 Å². The minimum Gasteiger partial charge on any atom is -0.393 e. The molecule has 1 atom stereocenters. The van der Waals surface area contributed by atoms with E-state index >= 15 is 0 Å². The highest BCUT2D eigenvalue weighted by Gasteiger charge is 2.15. The molecule has 1 saturated heterocycles. The van der Waals surface area contributed by atoms with Crippen molar-refractivity contribution in [2.45, 2.75) is 32.3 Å². The third-order valence-corrected chi connectivity index (χ3v) is 2.38. The first-order chi connectivity index (χ1) is 6.70. The predicted molar refractivity (Wildman–Crippen MR) is 52.9 cm³/mol. The summed E-state index contributed by atoms with van der Waals surface area (Å²) in [6.07, 6.45) is 1.72. The van der Waals surface area contributed by atoms with Crippen LogP contribution in [0.1, 0.15) is 26.2 Å². The molecule has 1 N–H and O–H groups in total. The third kappa shape index (κ3) is 4.07. The van der Waals surface area contributed by atoms with Crippen LogP contribution in [0.4, 0.5) is 0 Å². The monoisotopic (exact) mass is 201 g/mol. The van der Waals surface area contributed by atoms with E-state index in [0.29, 0.717) is 39.1 Å². The van der Waals surface area contributed by atoms with Crippen molar-refractivity contribution < 1.29 is 14.6 Å². The Labute approximate surface area is 84.8 Å². The number of amides is 1. The molecule has 1 unspecified atom stereocenters. The van der Waals surface area contributed by atoms with Gasteiger partial charge in [0, 0.05) is 19.5 Å². The Kier molecular flexibility index (Phi) is 4.90. The summed E-state index contributed by atoms with van der Waals surface area (Å²) in [4.78, 5) is 13.4. The smallest absolute Gasteiger partial charge is 0.222 e. The van der Waals surface area contributed by atoms with Gasteiger partial charge in [-0.05, 0) is 19.8 Å². The van der Waals surface area contributed by atoms with Crippen LogP contribution in [-0.2, 0) is 9.53 Å². The minimum absolute atomic E-state index is 0.189. The molecule has 1 fully saturated rings. The van der Waals surface area contributed by atoms with Crippen LogP contribution in [0.25, 0.3) is 0 Å². The maximum atomic E-state index is 11.6. The van der Waals surface area contributed by atoms with Crippen LogP contribution in [0.5, 0.6) is 0 Å². The molecule has 0 saturated carbocycles. The fourth-order valence-electron chi connectivity index (χ4n) is 1.52. The number of rotatable bonds is 4. The van der Waals surface area contributed by atoms with E-state index in [1.807, 2.05) is 4.90 Å². The Morgan fingerprint density at radius 2 is 2.14 bits per heavy atom. The molecule has 0 aromatic heterocycles. The molecule has 1 aliphatic rings. The molecule has 0 radical (unpaired) electrons. The summed E-state index contributed by atoms with van der Waals surface area (Å²) in [6, 6.07) is 0. The lowest BCUT2D eigenvalue weighted by atomic mass is 10.1. The van der Waals surface area contributed by atoms with Crippen LogP contribution in [0.3, 0.4) is 0 Å². The molecule has 0 aromatic rings. The number of aliphatic hydroxyl groups is 1. The highest BCUT2D eigenvalue weighted by Crippen LogP contribution is 2.05. The Hall–Kier alpha value is -0.610. The summed E-state index contributed by atoms with van der Waals surface area (Å²) in [5.74, 6) is 0.189. The van der Waals surface area contributed by atoms with Crippen molar-refractivity contribution in [3.63, 3.8) is 0 Å². The van der Waals surface area contributed by atoms with E-state index < -0.39 is 0 Å². The maximum Gasteiger partial charge on any atom is 0.222 e. The van der Waals surface area contributed by atoms with Gasteiger partial charge in [0.15, 0.2) is 0 Å². The topological polar surface area (TPSA) is 49.8 Å². The van der Waals surface area contributed by atoms with Gasteiger partial charge >= 0.3 is 0 Å². The van der Waals surface area contributed by atoms with Crippen molar-refractivity contribution in [2.24, 2.45) is 0 Å². The van der Waals surface area contributed by atoms with E-state index in [4.69, 9.17) is 9.84 Å². The molecule has 1 amide bonds. The first-order valence-corrected chi connectivity index (χ1v) is 5.23. The number of hydrogen-bond donors (Lipinski definition) is 1. The Morgan fingerprint density at radius 3 is 2.71 bits per heavy atom. The van der Waals surface area contributed by atoms with E-state index in [2.05, 4.69) is 0 Å². The van der Waals surface area contributed by atoms with Crippen molar-refractivity contribution in [1.29, 1.82) is 0 Å². The number of ether oxygens (including phenoxy) is 1. The molecule has 14 heavy (non-hydrogen) atoms. The highest BCUT2D eigenvalue weighted by molar-refractivity contribution is 5.76. The zero-order valence-electron chi connectivity index (χ0n) is 8.74. The summed E-state index contributed by atoms with van der Waals surface area (Å²) in [5.41, 5.74) is 0. The van der Waals surface area contributed by atoms with Gasteiger partial charge in [-0.2, -0.15) is 0 Å². The van der Waals surface area contributed by atoms with Gasteiger partial charge in [-0.25, -0.2) is 0 Å². The summed E-state index contributed by atoms with van der Waals surface area (Å²) in [7, 11) is 0. The molecule has 1 heterocycles. The third-order valence-electron chi connectivity index (χ3n) is 2.38. The maximum absolute atomic E-state index is 11.6. The number of carbonyl (C=O) groups is 1. The molecule has 1 aliphatic heterocycles. The van der Waals surface area contributed by atoms with Gasteiger partial charge in [0.25, 0.3) is 0 Å². The van der Waals surface area contributed by atoms with E-state index in [-0.39, 0.29) is 12.0 Å². The van der Waals surface area contributed by atoms with Crippen LogP contribution >= 0.6 is 0 Å². The van der Waals surface area contributed by atoms with Gasteiger partial charge in [-0.15, -0.1) is 0 Å². The molecule has 0 bridgehead atoms. The lowest BCUT2D eigenvalue weighted by Crippen LogP contribution is -2.40. The van der Waals surface area contributed by atoms with Gasteiger partial charge in [-0.1, -0.05) is 0 Å². The van der Waals surface area contributed by atoms with Gasteiger partial charge in [0.1, 0.15) is 0 Å². The second-order valence-electron chi connectivity index (χ2n) is 3.73. The van der Waals surface area contributed by atoms with Crippen LogP contribution in [0.2, 0.25) is 0 Å². The van der Waals surface area contributed by atoms with Crippen molar-refractivity contribution in [1.82, 2.24) is 4.90 Å². The average Bonchev–Trinajstić information content (AvgIpc) is 2.18. The lowest BCUT2D eigenvalue weighted by Gasteiger charge is -2.26. The second-order valence-corrected chi connectivity index (χ2v) is 3.73. The number of aliphatic hydroxyl groups excluding tert-OH is 1. The number of nitrogens with zero attached hydrogens (tertiary/aromatic N) is 1. The molecular weight excluding hydrogens is 182 g/mol. The average molecular weight is 201 g/mol. The molecule has 0 aliphatic carbocycles. The fourth-order valence-corrected chi connectivity index (χ4v) is 1.52. The molecule has 4 heteroatoms. The Morgan fingerprint density at radius 1 is 1.50 bits per heavy atom. The fraction of sp³-hybridized carbons (Fsp3) is 0.900. The van der Waals surface area contributed by atoms with Crippen LogP contribution in [0, 0.1) is 0 Å². The van der Waals surface area contributed by atoms with Crippen LogP contribution in [0.15, 0.2) is 0 Å². The predicted octanol–water partition coefficient (Wildman–Crippen LogP) is 0.396. The van der Waals surface area contributed by atoms with Crippen LogP contribution < -0.4 is 0 Å². The Balaban J connectivity index is 2.13.